The van der Waals surface area contributed by atoms with Gasteiger partial charge < -0.3 is 14.4 Å². The van der Waals surface area contributed by atoms with Gasteiger partial charge in [0.1, 0.15) is 0 Å². The lowest BCUT2D eigenvalue weighted by Gasteiger charge is -2.36. The predicted molar refractivity (Wildman–Crippen MR) is 125 cm³/mol. The van der Waals surface area contributed by atoms with Gasteiger partial charge in [-0.15, -0.1) is 0 Å². The van der Waals surface area contributed by atoms with Gasteiger partial charge in [0, 0.05) is 44.8 Å². The van der Waals surface area contributed by atoms with E-state index in [4.69, 9.17) is 21.1 Å². The van der Waals surface area contributed by atoms with Crippen molar-refractivity contribution in [2.24, 2.45) is 5.92 Å². The number of piperazine rings is 1. The van der Waals surface area contributed by atoms with E-state index in [0.29, 0.717) is 60.8 Å². The summed E-state index contributed by atoms with van der Waals surface area (Å²) in [7, 11) is -1.98. The zero-order valence-electron chi connectivity index (χ0n) is 19.2. The average Bonchev–Trinajstić information content (AvgIpc) is 3.07. The molecular formula is C22H34ClN3O5S. The number of halogens is 1. The highest BCUT2D eigenvalue weighted by atomic mass is 35.5. The minimum Gasteiger partial charge on any atom is -0.493 e. The number of amides is 1. The molecule has 1 aromatic rings. The lowest BCUT2D eigenvalue weighted by Crippen LogP contribution is -2.54. The number of benzene rings is 1. The third-order valence-electron chi connectivity index (χ3n) is 5.78. The van der Waals surface area contributed by atoms with Gasteiger partial charge in [-0.25, -0.2) is 0 Å². The van der Waals surface area contributed by atoms with Crippen molar-refractivity contribution in [3.05, 3.63) is 22.7 Å². The monoisotopic (exact) mass is 487 g/mol. The largest absolute Gasteiger partial charge is 0.493 e. The van der Waals surface area contributed by atoms with Crippen LogP contribution in [-0.2, 0) is 10.2 Å². The van der Waals surface area contributed by atoms with Crippen LogP contribution in [0.1, 0.15) is 49.9 Å². The molecule has 0 atom stereocenters. The Labute approximate surface area is 196 Å². The van der Waals surface area contributed by atoms with Crippen LogP contribution in [-0.4, -0.2) is 80.8 Å². The van der Waals surface area contributed by atoms with Crippen molar-refractivity contribution in [1.82, 2.24) is 13.5 Å². The molecule has 2 aliphatic rings. The number of nitrogens with zero attached hydrogens (tertiary/aromatic N) is 3. The van der Waals surface area contributed by atoms with Gasteiger partial charge in [0.05, 0.1) is 18.7 Å². The van der Waals surface area contributed by atoms with E-state index in [1.807, 2.05) is 13.8 Å². The zero-order chi connectivity index (χ0) is 23.3. The summed E-state index contributed by atoms with van der Waals surface area (Å²) in [5.41, 5.74) is 0.396. The third-order valence-corrected chi connectivity index (χ3v) is 8.10. The first-order valence-electron chi connectivity index (χ1n) is 11.3. The summed E-state index contributed by atoms with van der Waals surface area (Å²) in [5.74, 6) is 0.947. The fraction of sp³-hybridized carbons (Fsp3) is 0.682. The van der Waals surface area contributed by atoms with Gasteiger partial charge in [-0.3, -0.25) is 4.79 Å². The van der Waals surface area contributed by atoms with Crippen LogP contribution in [0.3, 0.4) is 0 Å². The molecule has 180 valence electrons. The van der Waals surface area contributed by atoms with Gasteiger partial charge in [-0.05, 0) is 30.9 Å². The van der Waals surface area contributed by atoms with Crippen LogP contribution in [0.4, 0.5) is 0 Å². The van der Waals surface area contributed by atoms with Crippen LogP contribution in [0.2, 0.25) is 5.02 Å². The molecule has 2 saturated heterocycles. The standard InChI is InChI=1S/C22H34ClN3O5S/c1-17(2)16-31-21-19(23)14-18(15-20(21)30-3)22(27)24-10-12-26(13-11-24)32(28,29)25-8-6-4-5-7-9-25/h14-15,17H,4-13,16H2,1-3H3. The number of ether oxygens (including phenoxy) is 2. The first kappa shape index (κ1) is 25.1. The van der Waals surface area contributed by atoms with Gasteiger partial charge in [0.15, 0.2) is 11.5 Å². The maximum Gasteiger partial charge on any atom is 0.282 e. The van der Waals surface area contributed by atoms with Gasteiger partial charge in [0.25, 0.3) is 16.1 Å². The zero-order valence-corrected chi connectivity index (χ0v) is 20.8. The predicted octanol–water partition coefficient (Wildman–Crippen LogP) is 3.26. The highest BCUT2D eigenvalue weighted by Crippen LogP contribution is 2.37. The molecule has 0 N–H and O–H groups in total. The summed E-state index contributed by atoms with van der Waals surface area (Å²) in [6, 6.07) is 3.21. The van der Waals surface area contributed by atoms with Gasteiger partial charge in [-0.1, -0.05) is 38.3 Å². The van der Waals surface area contributed by atoms with E-state index < -0.39 is 10.2 Å². The molecule has 2 aliphatic heterocycles. The Balaban J connectivity index is 1.66. The molecule has 0 spiro atoms. The van der Waals surface area contributed by atoms with Crippen molar-refractivity contribution in [2.75, 3.05) is 53.0 Å². The van der Waals surface area contributed by atoms with E-state index in [1.165, 1.54) is 11.4 Å². The molecule has 2 fully saturated rings. The van der Waals surface area contributed by atoms with Gasteiger partial charge >= 0.3 is 0 Å². The molecule has 0 saturated carbocycles. The second-order valence-electron chi connectivity index (χ2n) is 8.71. The van der Waals surface area contributed by atoms with E-state index >= 15 is 0 Å². The highest BCUT2D eigenvalue weighted by Gasteiger charge is 2.34. The molecule has 10 heteroatoms. The van der Waals surface area contributed by atoms with Crippen molar-refractivity contribution < 1.29 is 22.7 Å². The molecule has 0 bridgehead atoms. The van der Waals surface area contributed by atoms with E-state index in [9.17, 15) is 13.2 Å². The van der Waals surface area contributed by atoms with E-state index in [0.717, 1.165) is 25.7 Å². The second-order valence-corrected chi connectivity index (χ2v) is 11.0. The van der Waals surface area contributed by atoms with Crippen molar-refractivity contribution in [1.29, 1.82) is 0 Å². The fourth-order valence-electron chi connectivity index (χ4n) is 3.97. The van der Waals surface area contributed by atoms with Crippen LogP contribution in [0, 0.1) is 5.92 Å². The SMILES string of the molecule is COc1cc(C(=O)N2CCN(S(=O)(=O)N3CCCCCC3)CC2)cc(Cl)c1OCC(C)C. The molecule has 2 heterocycles. The van der Waals surface area contributed by atoms with Crippen molar-refractivity contribution in [3.8, 4) is 11.5 Å². The second kappa shape index (κ2) is 11.0. The Morgan fingerprint density at radius 2 is 1.59 bits per heavy atom. The molecular weight excluding hydrogens is 454 g/mol. The van der Waals surface area contributed by atoms with Gasteiger partial charge in [-0.2, -0.15) is 17.0 Å². The first-order valence-corrected chi connectivity index (χ1v) is 13.1. The summed E-state index contributed by atoms with van der Waals surface area (Å²) in [6.45, 7) is 6.92. The maximum atomic E-state index is 13.1. The summed E-state index contributed by atoms with van der Waals surface area (Å²) in [4.78, 5) is 14.8. The third kappa shape index (κ3) is 5.87. The first-order chi connectivity index (χ1) is 15.2. The number of hydrogen-bond donors (Lipinski definition) is 0. The van der Waals surface area contributed by atoms with Crippen molar-refractivity contribution >= 4 is 27.7 Å². The Morgan fingerprint density at radius 3 is 2.16 bits per heavy atom. The van der Waals surface area contributed by atoms with Crippen LogP contribution in [0.25, 0.3) is 0 Å². The smallest absolute Gasteiger partial charge is 0.282 e. The maximum absolute atomic E-state index is 13.1. The molecule has 32 heavy (non-hydrogen) atoms. The number of rotatable bonds is 7. The molecule has 1 amide bonds. The Kier molecular flexibility index (Phi) is 8.66. The summed E-state index contributed by atoms with van der Waals surface area (Å²) in [5, 5.41) is 0.315. The molecule has 1 aromatic carbocycles. The van der Waals surface area contributed by atoms with Crippen LogP contribution >= 0.6 is 11.6 Å². The molecule has 8 nitrogen and oxygen atoms in total. The summed E-state index contributed by atoms with van der Waals surface area (Å²) < 4.78 is 40.3. The summed E-state index contributed by atoms with van der Waals surface area (Å²) >= 11 is 6.39. The average molecular weight is 488 g/mol. The molecule has 0 aliphatic carbocycles. The van der Waals surface area contributed by atoms with Gasteiger partial charge in [0.2, 0.25) is 0 Å². The minimum atomic E-state index is -3.49. The fourth-order valence-corrected chi connectivity index (χ4v) is 5.91. The van der Waals surface area contributed by atoms with E-state index in [2.05, 4.69) is 0 Å². The van der Waals surface area contributed by atoms with Crippen molar-refractivity contribution in [3.63, 3.8) is 0 Å². The normalized spacial score (nSPS) is 19.1. The molecule has 0 unspecified atom stereocenters. The van der Waals surface area contributed by atoms with E-state index in [1.54, 1.807) is 21.3 Å². The Bertz CT molecular complexity index is 893. The number of methoxy groups -OCH3 is 1. The quantitative estimate of drug-likeness (QED) is 0.589. The lowest BCUT2D eigenvalue weighted by molar-refractivity contribution is 0.0693. The Morgan fingerprint density at radius 1 is 1.00 bits per heavy atom. The Hall–Kier alpha value is -1.55. The number of hydrogen-bond acceptors (Lipinski definition) is 5. The number of carbonyl (C=O) groups excluding carboxylic acids is 1. The summed E-state index contributed by atoms with van der Waals surface area (Å²) in [6.07, 6.45) is 3.94. The molecule has 0 radical (unpaired) electrons. The molecule has 3 rings (SSSR count). The lowest BCUT2D eigenvalue weighted by atomic mass is 10.1. The topological polar surface area (TPSA) is 79.4 Å². The van der Waals surface area contributed by atoms with Crippen molar-refractivity contribution in [2.45, 2.75) is 39.5 Å². The number of carbonyl (C=O) groups is 1. The molecule has 0 aromatic heterocycles. The highest BCUT2D eigenvalue weighted by molar-refractivity contribution is 7.86. The van der Waals surface area contributed by atoms with E-state index in [-0.39, 0.29) is 19.0 Å². The minimum absolute atomic E-state index is 0.201. The van der Waals surface area contributed by atoms with Crippen LogP contribution in [0.15, 0.2) is 12.1 Å². The van der Waals surface area contributed by atoms with Crippen LogP contribution in [0.5, 0.6) is 11.5 Å². The van der Waals surface area contributed by atoms with Crippen LogP contribution < -0.4 is 9.47 Å².